The predicted molar refractivity (Wildman–Crippen MR) is 113 cm³/mol. The van der Waals surface area contributed by atoms with Crippen LogP contribution in [0.4, 0.5) is 0 Å². The zero-order valence-corrected chi connectivity index (χ0v) is 17.6. The molecule has 0 saturated heterocycles. The minimum absolute atomic E-state index is 0.216. The molecule has 0 bridgehead atoms. The Morgan fingerprint density at radius 1 is 1.00 bits per heavy atom. The smallest absolute Gasteiger partial charge is 0.317 e. The molecule has 3 rings (SSSR count). The third-order valence-electron chi connectivity index (χ3n) is 5.28. The molecule has 2 atom stereocenters. The summed E-state index contributed by atoms with van der Waals surface area (Å²) in [6.07, 6.45) is 2.05. The standard InChI is InChI=1S/C24H26O6/c1-5-30-24(26)23-19(16-9-10-21(28-3)22(14-16)29-4)12-17(13-20(23)25)15-7-6-8-18(11-15)27-2/h6-11,13-14,19,23H,5,12H2,1-4H3/t19-,23-/m1/s1. The molecular weight excluding hydrogens is 384 g/mol. The Hall–Kier alpha value is -3.28. The summed E-state index contributed by atoms with van der Waals surface area (Å²) in [5.74, 6) is -0.237. The normalized spacial score (nSPS) is 18.4. The molecule has 2 aromatic carbocycles. The van der Waals surface area contributed by atoms with Gasteiger partial charge < -0.3 is 18.9 Å². The Kier molecular flexibility index (Phi) is 6.77. The number of hydrogen-bond acceptors (Lipinski definition) is 6. The zero-order valence-electron chi connectivity index (χ0n) is 17.6. The summed E-state index contributed by atoms with van der Waals surface area (Å²) in [4.78, 5) is 25.7. The van der Waals surface area contributed by atoms with Crippen molar-refractivity contribution in [1.82, 2.24) is 0 Å². The topological polar surface area (TPSA) is 71.1 Å². The molecule has 0 fully saturated rings. The van der Waals surface area contributed by atoms with E-state index in [0.29, 0.717) is 23.7 Å². The van der Waals surface area contributed by atoms with E-state index in [1.165, 1.54) is 0 Å². The molecule has 1 aliphatic rings. The molecule has 30 heavy (non-hydrogen) atoms. The number of carbonyl (C=O) groups is 2. The molecule has 0 spiro atoms. The summed E-state index contributed by atoms with van der Waals surface area (Å²) in [5, 5.41) is 0. The summed E-state index contributed by atoms with van der Waals surface area (Å²) < 4.78 is 21.3. The lowest BCUT2D eigenvalue weighted by Crippen LogP contribution is -2.34. The number of ketones is 1. The maximum Gasteiger partial charge on any atom is 0.317 e. The summed E-state index contributed by atoms with van der Waals surface area (Å²) >= 11 is 0. The number of methoxy groups -OCH3 is 3. The van der Waals surface area contributed by atoms with Gasteiger partial charge in [0.1, 0.15) is 11.7 Å². The fourth-order valence-corrected chi connectivity index (χ4v) is 3.80. The van der Waals surface area contributed by atoms with Crippen molar-refractivity contribution in [2.45, 2.75) is 19.3 Å². The maximum absolute atomic E-state index is 13.0. The zero-order chi connectivity index (χ0) is 21.7. The molecule has 0 N–H and O–H groups in total. The van der Waals surface area contributed by atoms with Crippen LogP contribution in [0.5, 0.6) is 17.2 Å². The summed E-state index contributed by atoms with van der Waals surface area (Å²) in [5.41, 5.74) is 2.54. The third-order valence-corrected chi connectivity index (χ3v) is 5.28. The average molecular weight is 410 g/mol. The minimum Gasteiger partial charge on any atom is -0.497 e. The van der Waals surface area contributed by atoms with Crippen LogP contribution >= 0.6 is 0 Å². The summed E-state index contributed by atoms with van der Waals surface area (Å²) in [6.45, 7) is 1.95. The van der Waals surface area contributed by atoms with Gasteiger partial charge in [-0.2, -0.15) is 0 Å². The van der Waals surface area contributed by atoms with Gasteiger partial charge >= 0.3 is 5.97 Å². The van der Waals surface area contributed by atoms with Gasteiger partial charge in [0.25, 0.3) is 0 Å². The van der Waals surface area contributed by atoms with Gasteiger partial charge in [-0.1, -0.05) is 18.2 Å². The lowest BCUT2D eigenvalue weighted by Gasteiger charge is -2.30. The fourth-order valence-electron chi connectivity index (χ4n) is 3.80. The van der Waals surface area contributed by atoms with Gasteiger partial charge in [0, 0.05) is 5.92 Å². The highest BCUT2D eigenvalue weighted by molar-refractivity contribution is 6.10. The van der Waals surface area contributed by atoms with Crippen molar-refractivity contribution in [3.05, 3.63) is 59.7 Å². The molecule has 2 aromatic rings. The van der Waals surface area contributed by atoms with E-state index in [4.69, 9.17) is 18.9 Å². The molecule has 0 saturated carbocycles. The number of ether oxygens (including phenoxy) is 4. The second-order valence-corrected chi connectivity index (χ2v) is 6.96. The average Bonchev–Trinajstić information content (AvgIpc) is 2.78. The predicted octanol–water partition coefficient (Wildman–Crippen LogP) is 4.03. The van der Waals surface area contributed by atoms with Crippen LogP contribution in [0.3, 0.4) is 0 Å². The van der Waals surface area contributed by atoms with Crippen molar-refractivity contribution >= 4 is 17.3 Å². The lowest BCUT2D eigenvalue weighted by molar-refractivity contribution is -0.151. The molecule has 6 heteroatoms. The number of carbonyl (C=O) groups excluding carboxylic acids is 2. The molecular formula is C24H26O6. The molecule has 0 aliphatic heterocycles. The Morgan fingerprint density at radius 3 is 2.43 bits per heavy atom. The van der Waals surface area contributed by atoms with Crippen LogP contribution in [0.25, 0.3) is 5.57 Å². The van der Waals surface area contributed by atoms with Gasteiger partial charge in [-0.3, -0.25) is 9.59 Å². The third kappa shape index (κ3) is 4.32. The van der Waals surface area contributed by atoms with Gasteiger partial charge in [-0.05, 0) is 60.4 Å². The Labute approximate surface area is 176 Å². The van der Waals surface area contributed by atoms with E-state index in [0.717, 1.165) is 16.7 Å². The second-order valence-electron chi connectivity index (χ2n) is 6.96. The van der Waals surface area contributed by atoms with E-state index >= 15 is 0 Å². The van der Waals surface area contributed by atoms with E-state index in [-0.39, 0.29) is 18.3 Å². The first-order valence-electron chi connectivity index (χ1n) is 9.79. The van der Waals surface area contributed by atoms with Crippen LogP contribution in [0, 0.1) is 5.92 Å². The number of hydrogen-bond donors (Lipinski definition) is 0. The van der Waals surface area contributed by atoms with E-state index in [1.54, 1.807) is 40.4 Å². The van der Waals surface area contributed by atoms with E-state index in [2.05, 4.69) is 0 Å². The summed E-state index contributed by atoms with van der Waals surface area (Å²) in [6, 6.07) is 13.0. The molecule has 0 amide bonds. The Bertz CT molecular complexity index is 962. The molecule has 0 unspecified atom stereocenters. The SMILES string of the molecule is CCOC(=O)[C@H]1C(=O)C=C(c2cccc(OC)c2)C[C@@H]1c1ccc(OC)c(OC)c1. The monoisotopic (exact) mass is 410 g/mol. The Balaban J connectivity index is 2.06. The highest BCUT2D eigenvalue weighted by Crippen LogP contribution is 2.43. The van der Waals surface area contributed by atoms with Gasteiger partial charge in [0.05, 0.1) is 27.9 Å². The van der Waals surface area contributed by atoms with Crippen LogP contribution in [0.2, 0.25) is 0 Å². The van der Waals surface area contributed by atoms with Crippen molar-refractivity contribution in [1.29, 1.82) is 0 Å². The van der Waals surface area contributed by atoms with Crippen molar-refractivity contribution in [3.8, 4) is 17.2 Å². The lowest BCUT2D eigenvalue weighted by atomic mass is 9.73. The number of benzene rings is 2. The van der Waals surface area contributed by atoms with E-state index in [1.807, 2.05) is 36.4 Å². The minimum atomic E-state index is -0.905. The molecule has 0 heterocycles. The summed E-state index contributed by atoms with van der Waals surface area (Å²) in [7, 11) is 4.72. The van der Waals surface area contributed by atoms with Crippen LogP contribution in [-0.4, -0.2) is 39.7 Å². The quantitative estimate of drug-likeness (QED) is 0.507. The maximum atomic E-state index is 13.0. The number of esters is 1. The van der Waals surface area contributed by atoms with Crippen LogP contribution < -0.4 is 14.2 Å². The first-order chi connectivity index (χ1) is 14.5. The van der Waals surface area contributed by atoms with Gasteiger partial charge in [0.15, 0.2) is 17.3 Å². The van der Waals surface area contributed by atoms with Gasteiger partial charge in [-0.25, -0.2) is 0 Å². The molecule has 6 nitrogen and oxygen atoms in total. The van der Waals surface area contributed by atoms with Crippen molar-refractivity contribution in [2.24, 2.45) is 5.92 Å². The van der Waals surface area contributed by atoms with Crippen molar-refractivity contribution in [2.75, 3.05) is 27.9 Å². The Morgan fingerprint density at radius 2 is 1.77 bits per heavy atom. The van der Waals surface area contributed by atoms with E-state index < -0.39 is 11.9 Å². The van der Waals surface area contributed by atoms with Crippen molar-refractivity contribution < 1.29 is 28.5 Å². The molecule has 1 aliphatic carbocycles. The first kappa shape index (κ1) is 21.4. The highest BCUT2D eigenvalue weighted by Gasteiger charge is 2.40. The molecule has 0 aromatic heterocycles. The number of allylic oxidation sites excluding steroid dienone is 2. The number of rotatable bonds is 7. The second kappa shape index (κ2) is 9.48. The first-order valence-corrected chi connectivity index (χ1v) is 9.79. The molecule has 158 valence electrons. The highest BCUT2D eigenvalue weighted by atomic mass is 16.5. The van der Waals surface area contributed by atoms with Gasteiger partial charge in [0.2, 0.25) is 0 Å². The van der Waals surface area contributed by atoms with Gasteiger partial charge in [-0.15, -0.1) is 0 Å². The van der Waals surface area contributed by atoms with Crippen LogP contribution in [0.15, 0.2) is 48.5 Å². The largest absolute Gasteiger partial charge is 0.497 e. The fraction of sp³-hybridized carbons (Fsp3) is 0.333. The van der Waals surface area contributed by atoms with Crippen LogP contribution in [-0.2, 0) is 14.3 Å². The van der Waals surface area contributed by atoms with E-state index in [9.17, 15) is 9.59 Å². The molecule has 0 radical (unpaired) electrons. The van der Waals surface area contributed by atoms with Crippen LogP contribution in [0.1, 0.15) is 30.4 Å². The van der Waals surface area contributed by atoms with Crippen molar-refractivity contribution in [3.63, 3.8) is 0 Å².